The highest BCUT2D eigenvalue weighted by atomic mass is 79.9. The Hall–Kier alpha value is 0.480. The van der Waals surface area contributed by atoms with Gasteiger partial charge in [-0.2, -0.15) is 0 Å². The first-order valence-corrected chi connectivity index (χ1v) is 6.38. The van der Waals surface area contributed by atoms with E-state index in [4.69, 9.17) is 0 Å². The zero-order chi connectivity index (χ0) is 8.81. The maximum absolute atomic E-state index is 3.70. The summed E-state index contributed by atoms with van der Waals surface area (Å²) in [5.74, 6) is 1.06. The van der Waals surface area contributed by atoms with Gasteiger partial charge in [0.25, 0.3) is 0 Å². The fourth-order valence-corrected chi connectivity index (χ4v) is 2.62. The van der Waals surface area contributed by atoms with Crippen molar-refractivity contribution >= 4 is 15.9 Å². The van der Waals surface area contributed by atoms with E-state index >= 15 is 0 Å². The van der Waals surface area contributed by atoms with E-state index in [0.717, 1.165) is 10.7 Å². The van der Waals surface area contributed by atoms with Gasteiger partial charge in [0.2, 0.25) is 0 Å². The van der Waals surface area contributed by atoms with Crippen LogP contribution in [0.25, 0.3) is 0 Å². The lowest BCUT2D eigenvalue weighted by Gasteiger charge is -2.24. The van der Waals surface area contributed by atoms with E-state index in [0.29, 0.717) is 0 Å². The lowest BCUT2D eigenvalue weighted by molar-refractivity contribution is 0.337. The molecule has 0 aromatic rings. The molecule has 0 saturated heterocycles. The molecule has 0 heterocycles. The van der Waals surface area contributed by atoms with E-state index in [-0.39, 0.29) is 7.43 Å². The highest BCUT2D eigenvalue weighted by Gasteiger charge is 2.18. The van der Waals surface area contributed by atoms with Crippen molar-refractivity contribution in [2.45, 2.75) is 70.5 Å². The monoisotopic (exact) mass is 248 g/mol. The summed E-state index contributed by atoms with van der Waals surface area (Å²) in [6.45, 7) is 2.29. The van der Waals surface area contributed by atoms with Crippen LogP contribution in [0.4, 0.5) is 0 Å². The molecule has 0 spiro atoms. The van der Waals surface area contributed by atoms with E-state index in [1.807, 2.05) is 0 Å². The zero-order valence-electron chi connectivity index (χ0n) is 8.19. The number of hydrogen-bond donors (Lipinski definition) is 0. The molecule has 13 heavy (non-hydrogen) atoms. The molecule has 0 aromatic carbocycles. The average molecular weight is 249 g/mol. The zero-order valence-corrected chi connectivity index (χ0v) is 9.78. The van der Waals surface area contributed by atoms with Gasteiger partial charge in [-0.3, -0.25) is 0 Å². The van der Waals surface area contributed by atoms with Crippen LogP contribution >= 0.6 is 15.9 Å². The van der Waals surface area contributed by atoms with Crippen LogP contribution in [0, 0.1) is 5.92 Å². The molecule has 0 bridgehead atoms. The minimum absolute atomic E-state index is 0. The number of alkyl halides is 1. The molecule has 0 N–H and O–H groups in total. The van der Waals surface area contributed by atoms with Crippen LogP contribution in [0.5, 0.6) is 0 Å². The quantitative estimate of drug-likeness (QED) is 0.477. The summed E-state index contributed by atoms with van der Waals surface area (Å²) in [4.78, 5) is 0.833. The number of hydrogen-bond acceptors (Lipinski definition) is 0. The predicted molar refractivity (Wildman–Crippen MR) is 65.5 cm³/mol. The van der Waals surface area contributed by atoms with Crippen molar-refractivity contribution < 1.29 is 0 Å². The normalized spacial score (nSPS) is 28.2. The van der Waals surface area contributed by atoms with Crippen molar-refractivity contribution in [2.24, 2.45) is 5.92 Å². The molecule has 0 nitrogen and oxygen atoms in total. The van der Waals surface area contributed by atoms with E-state index < -0.39 is 0 Å². The highest BCUT2D eigenvalue weighted by molar-refractivity contribution is 9.09. The van der Waals surface area contributed by atoms with Crippen molar-refractivity contribution in [1.82, 2.24) is 0 Å². The maximum atomic E-state index is 3.70. The second-order valence-electron chi connectivity index (χ2n) is 4.11. The molecule has 1 aliphatic carbocycles. The van der Waals surface area contributed by atoms with Crippen LogP contribution in [-0.2, 0) is 0 Å². The standard InChI is InChI=1S/C11H21Br.CH4/c1-2-3-4-5-10-6-8-11(12)9-7-10;/h10-11H,2-9H2,1H3;1H4. The smallest absolute Gasteiger partial charge is 0.0146 e. The third kappa shape index (κ3) is 5.72. The van der Waals surface area contributed by atoms with Gasteiger partial charge < -0.3 is 0 Å². The van der Waals surface area contributed by atoms with Gasteiger partial charge in [-0.05, 0) is 31.6 Å². The Labute approximate surface area is 92.6 Å². The fraction of sp³-hybridized carbons (Fsp3) is 1.00. The maximum Gasteiger partial charge on any atom is 0.0146 e. The summed E-state index contributed by atoms with van der Waals surface area (Å²) in [6, 6.07) is 0. The molecule has 1 aliphatic rings. The van der Waals surface area contributed by atoms with Gasteiger partial charge in [-0.1, -0.05) is 56.0 Å². The lowest BCUT2D eigenvalue weighted by Crippen LogP contribution is -2.13. The molecular weight excluding hydrogens is 224 g/mol. The van der Waals surface area contributed by atoms with Crippen LogP contribution in [0.15, 0.2) is 0 Å². The van der Waals surface area contributed by atoms with Crippen LogP contribution in [-0.4, -0.2) is 4.83 Å². The average Bonchev–Trinajstić information content (AvgIpc) is 2.09. The summed E-state index contributed by atoms with van der Waals surface area (Å²) in [6.07, 6.45) is 11.5. The van der Waals surface area contributed by atoms with Crippen LogP contribution < -0.4 is 0 Å². The van der Waals surface area contributed by atoms with Gasteiger partial charge in [-0.15, -0.1) is 0 Å². The summed E-state index contributed by atoms with van der Waals surface area (Å²) in [5, 5.41) is 0. The largest absolute Gasteiger partial charge is 0.0891 e. The SMILES string of the molecule is C.CCCCCC1CCC(Br)CC1. The first-order chi connectivity index (χ1) is 5.83. The van der Waals surface area contributed by atoms with Gasteiger partial charge >= 0.3 is 0 Å². The molecule has 1 rings (SSSR count). The highest BCUT2D eigenvalue weighted by Crippen LogP contribution is 2.31. The summed E-state index contributed by atoms with van der Waals surface area (Å²) in [5.41, 5.74) is 0. The summed E-state index contributed by atoms with van der Waals surface area (Å²) in [7, 11) is 0. The van der Waals surface area contributed by atoms with Gasteiger partial charge in [0.15, 0.2) is 0 Å². The number of rotatable bonds is 4. The van der Waals surface area contributed by atoms with Crippen molar-refractivity contribution in [3.8, 4) is 0 Å². The lowest BCUT2D eigenvalue weighted by atomic mass is 9.85. The van der Waals surface area contributed by atoms with Crippen molar-refractivity contribution in [1.29, 1.82) is 0 Å². The molecule has 0 radical (unpaired) electrons. The molecule has 1 heteroatoms. The first kappa shape index (κ1) is 13.5. The van der Waals surface area contributed by atoms with Crippen LogP contribution in [0.1, 0.15) is 65.7 Å². The Morgan fingerprint density at radius 3 is 2.23 bits per heavy atom. The minimum Gasteiger partial charge on any atom is -0.0891 e. The second-order valence-corrected chi connectivity index (χ2v) is 5.41. The molecule has 0 aliphatic heterocycles. The van der Waals surface area contributed by atoms with Gasteiger partial charge in [0.05, 0.1) is 0 Å². The van der Waals surface area contributed by atoms with Crippen LogP contribution in [0.3, 0.4) is 0 Å². The molecular formula is C12H25Br. The Morgan fingerprint density at radius 2 is 1.69 bits per heavy atom. The minimum atomic E-state index is 0. The Balaban J connectivity index is 0.00000144. The van der Waals surface area contributed by atoms with E-state index in [9.17, 15) is 0 Å². The van der Waals surface area contributed by atoms with Crippen molar-refractivity contribution in [3.63, 3.8) is 0 Å². The molecule has 1 saturated carbocycles. The Kier molecular flexibility index (Phi) is 8.13. The van der Waals surface area contributed by atoms with Crippen LogP contribution in [0.2, 0.25) is 0 Å². The van der Waals surface area contributed by atoms with Gasteiger partial charge in [-0.25, -0.2) is 0 Å². The number of unbranched alkanes of at least 4 members (excludes halogenated alkanes) is 2. The first-order valence-electron chi connectivity index (χ1n) is 5.47. The van der Waals surface area contributed by atoms with E-state index in [1.54, 1.807) is 0 Å². The topological polar surface area (TPSA) is 0 Å². The molecule has 0 amide bonds. The second kappa shape index (κ2) is 7.84. The Morgan fingerprint density at radius 1 is 1.08 bits per heavy atom. The Bertz CT molecular complexity index is 104. The molecule has 0 aromatic heterocycles. The summed E-state index contributed by atoms with van der Waals surface area (Å²) >= 11 is 3.70. The van der Waals surface area contributed by atoms with E-state index in [2.05, 4.69) is 22.9 Å². The van der Waals surface area contributed by atoms with Gasteiger partial charge in [0.1, 0.15) is 0 Å². The van der Waals surface area contributed by atoms with Crippen molar-refractivity contribution in [2.75, 3.05) is 0 Å². The molecule has 1 fully saturated rings. The van der Waals surface area contributed by atoms with Gasteiger partial charge in [0, 0.05) is 4.83 Å². The van der Waals surface area contributed by atoms with Crippen molar-refractivity contribution in [3.05, 3.63) is 0 Å². The third-order valence-corrected chi connectivity index (χ3v) is 3.91. The number of halogens is 1. The van der Waals surface area contributed by atoms with E-state index in [1.165, 1.54) is 51.4 Å². The fourth-order valence-electron chi connectivity index (χ4n) is 2.09. The molecule has 0 unspecified atom stereocenters. The molecule has 80 valence electrons. The third-order valence-electron chi connectivity index (χ3n) is 2.99. The predicted octanol–water partition coefficient (Wildman–Crippen LogP) is 5.16. The summed E-state index contributed by atoms with van der Waals surface area (Å²) < 4.78 is 0. The molecule has 0 atom stereocenters.